The van der Waals surface area contributed by atoms with Crippen LogP contribution in [-0.2, 0) is 11.3 Å². The zero-order chi connectivity index (χ0) is 18.0. The first kappa shape index (κ1) is 17.6. The number of amides is 1. The van der Waals surface area contributed by atoms with Gasteiger partial charge in [-0.15, -0.1) is 0 Å². The van der Waals surface area contributed by atoms with E-state index in [9.17, 15) is 9.18 Å². The maximum Gasteiger partial charge on any atom is 0.242 e. The highest BCUT2D eigenvalue weighted by Crippen LogP contribution is 2.26. The van der Waals surface area contributed by atoms with E-state index in [2.05, 4.69) is 37.4 Å². The van der Waals surface area contributed by atoms with E-state index in [-0.39, 0.29) is 11.7 Å². The summed E-state index contributed by atoms with van der Waals surface area (Å²) in [4.78, 5) is 14.8. The first-order valence-corrected chi connectivity index (χ1v) is 8.76. The molecule has 25 heavy (non-hydrogen) atoms. The molecule has 1 atom stereocenters. The first-order valence-electron chi connectivity index (χ1n) is 8.76. The van der Waals surface area contributed by atoms with Crippen LogP contribution in [0.25, 0.3) is 0 Å². The average molecular weight is 340 g/mol. The molecule has 1 N–H and O–H groups in total. The van der Waals surface area contributed by atoms with Crippen LogP contribution in [0.2, 0.25) is 0 Å². The lowest BCUT2D eigenvalue weighted by molar-refractivity contribution is -0.126. The highest BCUT2D eigenvalue weighted by molar-refractivity contribution is 5.83. The van der Waals surface area contributed by atoms with Crippen LogP contribution in [0.1, 0.15) is 41.1 Å². The van der Waals surface area contributed by atoms with E-state index < -0.39 is 6.04 Å². The number of rotatable bonds is 6. The minimum absolute atomic E-state index is 0.0126. The fraction of sp³-hybridized carbons (Fsp3) is 0.381. The third-order valence-corrected chi connectivity index (χ3v) is 4.72. The SMILES string of the molecule is Cc1ccc(CN(C)C(C(=O)NC2CC2)c2ccc(F)cc2)c(C)c1. The number of carbonyl (C=O) groups is 1. The summed E-state index contributed by atoms with van der Waals surface area (Å²) in [6, 6.07) is 12.5. The van der Waals surface area contributed by atoms with E-state index in [1.165, 1.54) is 28.8 Å². The lowest BCUT2D eigenvalue weighted by Gasteiger charge is -2.28. The molecule has 0 aromatic heterocycles. The molecule has 0 aliphatic heterocycles. The van der Waals surface area contributed by atoms with Crippen LogP contribution < -0.4 is 5.32 Å². The summed E-state index contributed by atoms with van der Waals surface area (Å²) in [5.74, 6) is -0.302. The van der Waals surface area contributed by atoms with Gasteiger partial charge in [0, 0.05) is 12.6 Å². The van der Waals surface area contributed by atoms with Crippen LogP contribution in [0.4, 0.5) is 4.39 Å². The molecule has 0 heterocycles. The van der Waals surface area contributed by atoms with Crippen molar-refractivity contribution in [1.29, 1.82) is 0 Å². The molecule has 1 unspecified atom stereocenters. The molecule has 1 fully saturated rings. The fourth-order valence-corrected chi connectivity index (χ4v) is 3.14. The molecule has 2 aromatic carbocycles. The van der Waals surface area contributed by atoms with Crippen LogP contribution in [0.5, 0.6) is 0 Å². The van der Waals surface area contributed by atoms with Gasteiger partial charge in [-0.3, -0.25) is 9.69 Å². The van der Waals surface area contributed by atoms with E-state index in [0.29, 0.717) is 12.6 Å². The van der Waals surface area contributed by atoms with Gasteiger partial charge in [0.05, 0.1) is 0 Å². The van der Waals surface area contributed by atoms with E-state index in [0.717, 1.165) is 18.4 Å². The van der Waals surface area contributed by atoms with Gasteiger partial charge in [0.15, 0.2) is 0 Å². The Morgan fingerprint density at radius 1 is 1.20 bits per heavy atom. The molecule has 0 spiro atoms. The number of benzene rings is 2. The normalized spacial score (nSPS) is 15.2. The number of aryl methyl sites for hydroxylation is 2. The predicted molar refractivity (Wildman–Crippen MR) is 97.7 cm³/mol. The molecule has 1 aliphatic carbocycles. The third-order valence-electron chi connectivity index (χ3n) is 4.72. The van der Waals surface area contributed by atoms with Crippen molar-refractivity contribution >= 4 is 5.91 Å². The summed E-state index contributed by atoms with van der Waals surface area (Å²) in [5.41, 5.74) is 4.45. The lowest BCUT2D eigenvalue weighted by atomic mass is 10.0. The van der Waals surface area contributed by atoms with E-state index >= 15 is 0 Å². The second-order valence-corrected chi connectivity index (χ2v) is 7.08. The van der Waals surface area contributed by atoms with Gasteiger partial charge in [-0.1, -0.05) is 35.9 Å². The maximum absolute atomic E-state index is 13.3. The molecule has 0 radical (unpaired) electrons. The monoisotopic (exact) mass is 340 g/mol. The van der Waals surface area contributed by atoms with E-state index in [1.807, 2.05) is 11.9 Å². The molecule has 1 aliphatic rings. The number of nitrogens with one attached hydrogen (secondary N) is 1. The smallest absolute Gasteiger partial charge is 0.242 e. The van der Waals surface area contributed by atoms with Crippen LogP contribution in [-0.4, -0.2) is 23.9 Å². The molecule has 1 saturated carbocycles. The van der Waals surface area contributed by atoms with Gasteiger partial charge in [0.2, 0.25) is 5.91 Å². The molecule has 0 saturated heterocycles. The van der Waals surface area contributed by atoms with Crippen molar-refractivity contribution < 1.29 is 9.18 Å². The van der Waals surface area contributed by atoms with Gasteiger partial charge in [-0.25, -0.2) is 4.39 Å². The van der Waals surface area contributed by atoms with Gasteiger partial charge >= 0.3 is 0 Å². The zero-order valence-corrected chi connectivity index (χ0v) is 15.1. The summed E-state index contributed by atoms with van der Waals surface area (Å²) in [6.45, 7) is 4.82. The average Bonchev–Trinajstić information content (AvgIpc) is 3.36. The Morgan fingerprint density at radius 2 is 1.88 bits per heavy atom. The van der Waals surface area contributed by atoms with Crippen molar-refractivity contribution in [3.63, 3.8) is 0 Å². The maximum atomic E-state index is 13.3. The molecular weight excluding hydrogens is 315 g/mol. The molecule has 132 valence electrons. The highest BCUT2D eigenvalue weighted by atomic mass is 19.1. The van der Waals surface area contributed by atoms with Gasteiger partial charge in [0.1, 0.15) is 11.9 Å². The summed E-state index contributed by atoms with van der Waals surface area (Å²) in [7, 11) is 1.94. The van der Waals surface area contributed by atoms with Crippen molar-refractivity contribution in [1.82, 2.24) is 10.2 Å². The molecule has 3 nitrogen and oxygen atoms in total. The van der Waals surface area contributed by atoms with Gasteiger partial charge < -0.3 is 5.32 Å². The predicted octanol–water partition coefficient (Wildman–Crippen LogP) is 3.89. The van der Waals surface area contributed by atoms with Crippen LogP contribution in [0.15, 0.2) is 42.5 Å². The Morgan fingerprint density at radius 3 is 2.48 bits per heavy atom. The Hall–Kier alpha value is -2.20. The topological polar surface area (TPSA) is 32.3 Å². The highest BCUT2D eigenvalue weighted by Gasteiger charge is 2.30. The zero-order valence-electron chi connectivity index (χ0n) is 15.1. The van der Waals surface area contributed by atoms with Crippen molar-refractivity contribution in [3.8, 4) is 0 Å². The molecule has 0 bridgehead atoms. The lowest BCUT2D eigenvalue weighted by Crippen LogP contribution is -2.39. The number of likely N-dealkylation sites (N-methyl/N-ethyl adjacent to an activating group) is 1. The van der Waals surface area contributed by atoms with Crippen LogP contribution in [0, 0.1) is 19.7 Å². The largest absolute Gasteiger partial charge is 0.352 e. The van der Waals surface area contributed by atoms with E-state index in [4.69, 9.17) is 0 Å². The van der Waals surface area contributed by atoms with Crippen molar-refractivity contribution in [2.45, 2.75) is 45.3 Å². The Bertz CT molecular complexity index is 753. The van der Waals surface area contributed by atoms with Gasteiger partial charge in [-0.2, -0.15) is 0 Å². The molecule has 1 amide bonds. The molecule has 2 aromatic rings. The number of carbonyl (C=O) groups excluding carboxylic acids is 1. The van der Waals surface area contributed by atoms with Crippen molar-refractivity contribution in [2.75, 3.05) is 7.05 Å². The summed E-state index contributed by atoms with van der Waals surface area (Å²) < 4.78 is 13.3. The summed E-state index contributed by atoms with van der Waals surface area (Å²) in [5, 5.41) is 3.08. The summed E-state index contributed by atoms with van der Waals surface area (Å²) in [6.07, 6.45) is 2.09. The Labute approximate surface area is 148 Å². The van der Waals surface area contributed by atoms with Gasteiger partial charge in [-0.05, 0) is 62.6 Å². The Kier molecular flexibility index (Phi) is 5.19. The second-order valence-electron chi connectivity index (χ2n) is 7.08. The van der Waals surface area contributed by atoms with Crippen molar-refractivity contribution in [3.05, 3.63) is 70.5 Å². The minimum Gasteiger partial charge on any atom is -0.352 e. The number of hydrogen-bond acceptors (Lipinski definition) is 2. The Balaban J connectivity index is 1.83. The summed E-state index contributed by atoms with van der Waals surface area (Å²) >= 11 is 0. The quantitative estimate of drug-likeness (QED) is 0.865. The van der Waals surface area contributed by atoms with Gasteiger partial charge in [0.25, 0.3) is 0 Å². The van der Waals surface area contributed by atoms with Crippen molar-refractivity contribution in [2.24, 2.45) is 0 Å². The number of hydrogen-bond donors (Lipinski definition) is 1. The van der Waals surface area contributed by atoms with E-state index in [1.54, 1.807) is 12.1 Å². The van der Waals surface area contributed by atoms with Crippen LogP contribution in [0.3, 0.4) is 0 Å². The molecular formula is C21H25FN2O. The molecule has 3 rings (SSSR count). The number of halogens is 1. The first-order chi connectivity index (χ1) is 11.9. The fourth-order valence-electron chi connectivity index (χ4n) is 3.14. The third kappa shape index (κ3) is 4.45. The second kappa shape index (κ2) is 7.36. The standard InChI is InChI=1S/C21H25FN2O/c1-14-4-5-17(15(2)12-14)13-24(3)20(21(25)23-19-10-11-19)16-6-8-18(22)9-7-16/h4-9,12,19-20H,10-11,13H2,1-3H3,(H,23,25). The molecule has 4 heteroatoms. The number of nitrogens with zero attached hydrogens (tertiary/aromatic N) is 1. The minimum atomic E-state index is -0.429. The van der Waals surface area contributed by atoms with Crippen LogP contribution >= 0.6 is 0 Å².